The summed E-state index contributed by atoms with van der Waals surface area (Å²) in [4.78, 5) is 0. The van der Waals surface area contributed by atoms with Crippen LogP contribution in [0.25, 0.3) is 0 Å². The van der Waals surface area contributed by atoms with E-state index in [2.05, 4.69) is 28.9 Å². The van der Waals surface area contributed by atoms with Crippen LogP contribution >= 0.6 is 27.5 Å². The summed E-state index contributed by atoms with van der Waals surface area (Å²) >= 11 is 9.39. The Hall–Kier alpha value is -0.830. The molecule has 2 aromatic rings. The van der Waals surface area contributed by atoms with Gasteiger partial charge in [0.25, 0.3) is 0 Å². The Morgan fingerprint density at radius 1 is 1.17 bits per heavy atom. The first kappa shape index (κ1) is 13.6. The van der Waals surface area contributed by atoms with Crippen molar-refractivity contribution < 1.29 is 5.11 Å². The molecule has 0 saturated carbocycles. The topological polar surface area (TPSA) is 20.2 Å². The van der Waals surface area contributed by atoms with Gasteiger partial charge in [-0.05, 0) is 41.3 Å². The molecule has 3 heteroatoms. The van der Waals surface area contributed by atoms with Gasteiger partial charge in [-0.25, -0.2) is 0 Å². The first-order chi connectivity index (χ1) is 8.60. The van der Waals surface area contributed by atoms with Gasteiger partial charge in [0, 0.05) is 9.50 Å². The summed E-state index contributed by atoms with van der Waals surface area (Å²) in [5.74, 6) is 0. The summed E-state index contributed by atoms with van der Waals surface area (Å²) in [6.45, 7) is 2.10. The second kappa shape index (κ2) is 5.87. The standard InChI is InChI=1S/C15H14BrClO/c1-2-10-4-3-5-11(6-10)15(18)12-7-13(16)9-14(17)8-12/h3-9,15,18H,2H2,1H3. The highest BCUT2D eigenvalue weighted by atomic mass is 79.9. The lowest BCUT2D eigenvalue weighted by molar-refractivity contribution is 0.220. The average Bonchev–Trinajstić information content (AvgIpc) is 2.37. The highest BCUT2D eigenvalue weighted by Crippen LogP contribution is 2.28. The molecule has 2 aromatic carbocycles. The molecule has 0 spiro atoms. The van der Waals surface area contributed by atoms with Gasteiger partial charge < -0.3 is 5.11 Å². The molecule has 0 aliphatic rings. The number of rotatable bonds is 3. The number of aryl methyl sites for hydroxylation is 1. The molecule has 0 aliphatic carbocycles. The summed E-state index contributed by atoms with van der Waals surface area (Å²) in [7, 11) is 0. The number of hydrogen-bond donors (Lipinski definition) is 1. The van der Waals surface area contributed by atoms with Gasteiger partial charge in [-0.1, -0.05) is 58.7 Å². The summed E-state index contributed by atoms with van der Waals surface area (Å²) < 4.78 is 0.871. The maximum Gasteiger partial charge on any atom is 0.104 e. The minimum Gasteiger partial charge on any atom is -0.384 e. The van der Waals surface area contributed by atoms with Gasteiger partial charge >= 0.3 is 0 Å². The quantitative estimate of drug-likeness (QED) is 0.863. The Balaban J connectivity index is 2.37. The number of benzene rings is 2. The number of halogens is 2. The normalized spacial score (nSPS) is 12.4. The zero-order valence-corrected chi connectivity index (χ0v) is 12.4. The maximum atomic E-state index is 10.4. The lowest BCUT2D eigenvalue weighted by atomic mass is 9.99. The zero-order valence-electron chi connectivity index (χ0n) is 10.0. The summed E-state index contributed by atoms with van der Waals surface area (Å²) in [6.07, 6.45) is 0.311. The van der Waals surface area contributed by atoms with Crippen LogP contribution in [-0.4, -0.2) is 5.11 Å². The molecule has 0 saturated heterocycles. The predicted molar refractivity (Wildman–Crippen MR) is 79.0 cm³/mol. The van der Waals surface area contributed by atoms with Crippen molar-refractivity contribution in [3.05, 3.63) is 68.7 Å². The van der Waals surface area contributed by atoms with E-state index in [0.717, 1.165) is 22.0 Å². The van der Waals surface area contributed by atoms with Crippen LogP contribution in [0.1, 0.15) is 29.7 Å². The van der Waals surface area contributed by atoms with Crippen molar-refractivity contribution in [1.29, 1.82) is 0 Å². The summed E-state index contributed by atoms with van der Waals surface area (Å²) in [5, 5.41) is 11.0. The van der Waals surface area contributed by atoms with E-state index in [-0.39, 0.29) is 0 Å². The van der Waals surface area contributed by atoms with Gasteiger partial charge in [-0.15, -0.1) is 0 Å². The molecule has 0 radical (unpaired) electrons. The van der Waals surface area contributed by atoms with Gasteiger partial charge in [0.1, 0.15) is 6.10 Å². The van der Waals surface area contributed by atoms with Crippen LogP contribution in [0.3, 0.4) is 0 Å². The molecule has 1 unspecified atom stereocenters. The van der Waals surface area contributed by atoms with E-state index in [9.17, 15) is 5.11 Å². The van der Waals surface area contributed by atoms with Gasteiger partial charge in [0.05, 0.1) is 0 Å². The van der Waals surface area contributed by atoms with E-state index in [0.29, 0.717) is 5.02 Å². The van der Waals surface area contributed by atoms with E-state index in [1.165, 1.54) is 5.56 Å². The van der Waals surface area contributed by atoms with E-state index < -0.39 is 6.10 Å². The fourth-order valence-electron chi connectivity index (χ4n) is 1.91. The molecule has 0 amide bonds. The molecule has 0 fully saturated rings. The van der Waals surface area contributed by atoms with Crippen molar-refractivity contribution in [3.63, 3.8) is 0 Å². The molecule has 1 nitrogen and oxygen atoms in total. The molecule has 0 bridgehead atoms. The van der Waals surface area contributed by atoms with Crippen LogP contribution in [-0.2, 0) is 6.42 Å². The van der Waals surface area contributed by atoms with E-state index in [1.54, 1.807) is 12.1 Å². The van der Waals surface area contributed by atoms with Crippen molar-refractivity contribution >= 4 is 27.5 Å². The Kier molecular flexibility index (Phi) is 4.44. The second-order valence-electron chi connectivity index (χ2n) is 4.20. The Morgan fingerprint density at radius 3 is 2.61 bits per heavy atom. The predicted octanol–water partition coefficient (Wildman–Crippen LogP) is 4.75. The molecule has 1 N–H and O–H groups in total. The van der Waals surface area contributed by atoms with Crippen LogP contribution in [0, 0.1) is 0 Å². The lowest BCUT2D eigenvalue weighted by Gasteiger charge is -2.13. The fraction of sp³-hybridized carbons (Fsp3) is 0.200. The van der Waals surface area contributed by atoms with E-state index in [1.807, 2.05) is 24.3 Å². The third kappa shape index (κ3) is 3.14. The molecule has 2 rings (SSSR count). The van der Waals surface area contributed by atoms with Crippen LogP contribution in [0.5, 0.6) is 0 Å². The smallest absolute Gasteiger partial charge is 0.104 e. The van der Waals surface area contributed by atoms with Gasteiger partial charge in [-0.3, -0.25) is 0 Å². The van der Waals surface area contributed by atoms with Crippen LogP contribution in [0.2, 0.25) is 5.02 Å². The maximum absolute atomic E-state index is 10.4. The Labute approximate surface area is 121 Å². The first-order valence-corrected chi connectivity index (χ1v) is 7.00. The second-order valence-corrected chi connectivity index (χ2v) is 5.56. The third-order valence-corrected chi connectivity index (χ3v) is 3.55. The van der Waals surface area contributed by atoms with Crippen molar-refractivity contribution in [2.24, 2.45) is 0 Å². The van der Waals surface area contributed by atoms with Crippen molar-refractivity contribution in [2.45, 2.75) is 19.4 Å². The first-order valence-electron chi connectivity index (χ1n) is 5.83. The van der Waals surface area contributed by atoms with E-state index >= 15 is 0 Å². The number of aliphatic hydroxyl groups excluding tert-OH is 1. The van der Waals surface area contributed by atoms with Crippen LogP contribution < -0.4 is 0 Å². The number of hydrogen-bond acceptors (Lipinski definition) is 1. The Bertz CT molecular complexity index is 534. The van der Waals surface area contributed by atoms with E-state index in [4.69, 9.17) is 11.6 Å². The van der Waals surface area contributed by atoms with Gasteiger partial charge in [0.15, 0.2) is 0 Å². The van der Waals surface area contributed by atoms with Gasteiger partial charge in [-0.2, -0.15) is 0 Å². The van der Waals surface area contributed by atoms with Crippen LogP contribution in [0.4, 0.5) is 0 Å². The molecule has 0 aromatic heterocycles. The summed E-state index contributed by atoms with van der Waals surface area (Å²) in [5.41, 5.74) is 2.90. The van der Waals surface area contributed by atoms with Crippen LogP contribution in [0.15, 0.2) is 46.9 Å². The zero-order chi connectivity index (χ0) is 13.1. The third-order valence-electron chi connectivity index (χ3n) is 2.88. The minimum atomic E-state index is -0.647. The Morgan fingerprint density at radius 2 is 1.94 bits per heavy atom. The van der Waals surface area contributed by atoms with Crippen molar-refractivity contribution in [1.82, 2.24) is 0 Å². The monoisotopic (exact) mass is 324 g/mol. The van der Waals surface area contributed by atoms with Crippen molar-refractivity contribution in [3.8, 4) is 0 Å². The largest absolute Gasteiger partial charge is 0.384 e. The number of aliphatic hydroxyl groups is 1. The fourth-order valence-corrected chi connectivity index (χ4v) is 2.79. The summed E-state index contributed by atoms with van der Waals surface area (Å²) in [6, 6.07) is 13.5. The molecule has 0 aliphatic heterocycles. The highest BCUT2D eigenvalue weighted by molar-refractivity contribution is 9.10. The molecule has 18 heavy (non-hydrogen) atoms. The van der Waals surface area contributed by atoms with Crippen molar-refractivity contribution in [2.75, 3.05) is 0 Å². The van der Waals surface area contributed by atoms with Gasteiger partial charge in [0.2, 0.25) is 0 Å². The molecule has 94 valence electrons. The molecule has 0 heterocycles. The molecule has 1 atom stereocenters. The highest BCUT2D eigenvalue weighted by Gasteiger charge is 2.12. The minimum absolute atomic E-state index is 0.616. The average molecular weight is 326 g/mol. The molecular weight excluding hydrogens is 312 g/mol. The lowest BCUT2D eigenvalue weighted by Crippen LogP contribution is -2.00. The SMILES string of the molecule is CCc1cccc(C(O)c2cc(Cl)cc(Br)c2)c1. The molecular formula is C15H14BrClO.